The van der Waals surface area contributed by atoms with Gasteiger partial charge in [0.05, 0.1) is 4.47 Å². The molecule has 1 aliphatic carbocycles. The second-order valence-corrected chi connectivity index (χ2v) is 4.69. The largest absolute Gasteiger partial charge is 0.507 e. The molecule has 1 fully saturated rings. The van der Waals surface area contributed by atoms with Crippen molar-refractivity contribution >= 4 is 15.9 Å². The number of halogens is 1. The molecule has 2 rings (SSSR count). The second kappa shape index (κ2) is 3.91. The van der Waals surface area contributed by atoms with Crippen molar-refractivity contribution in [3.63, 3.8) is 0 Å². The summed E-state index contributed by atoms with van der Waals surface area (Å²) in [6.45, 7) is 0. The minimum Gasteiger partial charge on any atom is -0.507 e. The number of rotatable bonds is 2. The molecule has 0 amide bonds. The van der Waals surface area contributed by atoms with Crippen LogP contribution in [0.1, 0.15) is 30.9 Å². The van der Waals surface area contributed by atoms with Crippen molar-refractivity contribution in [2.24, 2.45) is 11.7 Å². The number of phenols is 1. The van der Waals surface area contributed by atoms with Crippen LogP contribution in [0.15, 0.2) is 22.7 Å². The Morgan fingerprint density at radius 1 is 1.43 bits per heavy atom. The number of benzene rings is 1. The van der Waals surface area contributed by atoms with Crippen LogP contribution in [0, 0.1) is 5.92 Å². The first kappa shape index (κ1) is 9.99. The van der Waals surface area contributed by atoms with Crippen LogP contribution in [0.4, 0.5) is 0 Å². The van der Waals surface area contributed by atoms with Gasteiger partial charge in [-0.1, -0.05) is 18.6 Å². The molecule has 1 aromatic carbocycles. The van der Waals surface area contributed by atoms with E-state index in [-0.39, 0.29) is 11.8 Å². The first-order chi connectivity index (χ1) is 6.70. The summed E-state index contributed by atoms with van der Waals surface area (Å²) < 4.78 is 0.749. The molecular weight excluding hydrogens is 242 g/mol. The van der Waals surface area contributed by atoms with Crippen LogP contribution in [-0.4, -0.2) is 5.11 Å². The first-order valence-electron chi connectivity index (χ1n) is 4.93. The number of phenolic OH excluding ortho intramolecular Hbond substituents is 1. The summed E-state index contributed by atoms with van der Waals surface area (Å²) in [5.41, 5.74) is 7.15. The summed E-state index contributed by atoms with van der Waals surface area (Å²) in [5.74, 6) is 0.866. The Morgan fingerprint density at radius 3 is 2.71 bits per heavy atom. The van der Waals surface area contributed by atoms with Crippen LogP contribution in [0.2, 0.25) is 0 Å². The fourth-order valence-corrected chi connectivity index (χ4v) is 2.38. The molecule has 0 heterocycles. The van der Waals surface area contributed by atoms with Crippen LogP contribution >= 0.6 is 15.9 Å². The van der Waals surface area contributed by atoms with Crippen molar-refractivity contribution in [1.29, 1.82) is 0 Å². The molecular formula is C11H14BrNO. The standard InChI is InChI=1S/C11H14BrNO/c12-10-8(5-2-6-9(10)14)11(13)7-3-1-4-7/h2,5-7,11,14H,1,3-4,13H2. The smallest absolute Gasteiger partial charge is 0.130 e. The van der Waals surface area contributed by atoms with Crippen molar-refractivity contribution in [3.05, 3.63) is 28.2 Å². The minimum absolute atomic E-state index is 0.0604. The average molecular weight is 256 g/mol. The van der Waals surface area contributed by atoms with Gasteiger partial charge in [0, 0.05) is 6.04 Å². The van der Waals surface area contributed by atoms with Crippen molar-refractivity contribution in [3.8, 4) is 5.75 Å². The zero-order valence-electron chi connectivity index (χ0n) is 7.91. The quantitative estimate of drug-likeness (QED) is 0.854. The Hall–Kier alpha value is -0.540. The molecule has 0 saturated heterocycles. The Balaban J connectivity index is 2.26. The van der Waals surface area contributed by atoms with Crippen molar-refractivity contribution < 1.29 is 5.11 Å². The number of hydrogen-bond donors (Lipinski definition) is 2. The van der Waals surface area contributed by atoms with Gasteiger partial charge in [-0.25, -0.2) is 0 Å². The van der Waals surface area contributed by atoms with Gasteiger partial charge in [-0.2, -0.15) is 0 Å². The SMILES string of the molecule is NC(c1cccc(O)c1Br)C1CCC1. The van der Waals surface area contributed by atoms with Crippen LogP contribution in [-0.2, 0) is 0 Å². The van der Waals surface area contributed by atoms with Crippen LogP contribution in [0.25, 0.3) is 0 Å². The third-order valence-electron chi connectivity index (χ3n) is 3.03. The van der Waals surface area contributed by atoms with E-state index >= 15 is 0 Å². The third kappa shape index (κ3) is 1.66. The van der Waals surface area contributed by atoms with E-state index in [1.807, 2.05) is 12.1 Å². The lowest BCUT2D eigenvalue weighted by Gasteiger charge is -2.32. The molecule has 14 heavy (non-hydrogen) atoms. The van der Waals surface area contributed by atoms with E-state index in [0.29, 0.717) is 5.92 Å². The highest BCUT2D eigenvalue weighted by Crippen LogP contribution is 2.40. The summed E-state index contributed by atoms with van der Waals surface area (Å²) in [4.78, 5) is 0. The maximum absolute atomic E-state index is 9.52. The van der Waals surface area contributed by atoms with Gasteiger partial charge in [0.25, 0.3) is 0 Å². The third-order valence-corrected chi connectivity index (χ3v) is 3.89. The molecule has 1 saturated carbocycles. The minimum atomic E-state index is 0.0604. The molecule has 2 nitrogen and oxygen atoms in total. The summed E-state index contributed by atoms with van der Waals surface area (Å²) >= 11 is 3.37. The molecule has 0 radical (unpaired) electrons. The van der Waals surface area contributed by atoms with Gasteiger partial charge in [0.15, 0.2) is 0 Å². The number of hydrogen-bond acceptors (Lipinski definition) is 2. The average Bonchev–Trinajstić information content (AvgIpc) is 2.06. The lowest BCUT2D eigenvalue weighted by Crippen LogP contribution is -2.27. The van der Waals surface area contributed by atoms with Crippen molar-refractivity contribution in [1.82, 2.24) is 0 Å². The molecule has 1 unspecified atom stereocenters. The monoisotopic (exact) mass is 255 g/mol. The van der Waals surface area contributed by atoms with Gasteiger partial charge < -0.3 is 10.8 Å². The van der Waals surface area contributed by atoms with E-state index < -0.39 is 0 Å². The van der Waals surface area contributed by atoms with Crippen LogP contribution < -0.4 is 5.73 Å². The molecule has 3 heteroatoms. The van der Waals surface area contributed by atoms with Gasteiger partial charge in [-0.3, -0.25) is 0 Å². The molecule has 1 atom stereocenters. The highest BCUT2D eigenvalue weighted by molar-refractivity contribution is 9.10. The van der Waals surface area contributed by atoms with Crippen LogP contribution in [0.3, 0.4) is 0 Å². The predicted molar refractivity (Wildman–Crippen MR) is 60.1 cm³/mol. The normalized spacial score (nSPS) is 19.0. The van der Waals surface area contributed by atoms with E-state index in [1.54, 1.807) is 6.07 Å². The van der Waals surface area contributed by atoms with Gasteiger partial charge >= 0.3 is 0 Å². The van der Waals surface area contributed by atoms with Crippen molar-refractivity contribution in [2.45, 2.75) is 25.3 Å². The second-order valence-electron chi connectivity index (χ2n) is 3.90. The van der Waals surface area contributed by atoms with Gasteiger partial charge in [0.2, 0.25) is 0 Å². The maximum atomic E-state index is 9.52. The molecule has 1 aliphatic rings. The molecule has 0 bridgehead atoms. The summed E-state index contributed by atoms with van der Waals surface area (Å²) in [6, 6.07) is 5.55. The zero-order valence-corrected chi connectivity index (χ0v) is 9.50. The van der Waals surface area contributed by atoms with E-state index in [4.69, 9.17) is 5.73 Å². The predicted octanol–water partition coefficient (Wildman–Crippen LogP) is 2.95. The van der Waals surface area contributed by atoms with Gasteiger partial charge in [-0.05, 0) is 46.3 Å². The van der Waals surface area contributed by atoms with E-state index in [0.717, 1.165) is 10.0 Å². The number of nitrogens with two attached hydrogens (primary N) is 1. The lowest BCUT2D eigenvalue weighted by molar-refractivity contribution is 0.263. The summed E-state index contributed by atoms with van der Waals surface area (Å²) in [7, 11) is 0. The summed E-state index contributed by atoms with van der Waals surface area (Å²) in [6.07, 6.45) is 3.71. The lowest BCUT2D eigenvalue weighted by atomic mass is 9.77. The number of aromatic hydroxyl groups is 1. The Bertz CT molecular complexity index is 336. The topological polar surface area (TPSA) is 46.2 Å². The maximum Gasteiger partial charge on any atom is 0.130 e. The van der Waals surface area contributed by atoms with Gasteiger partial charge in [-0.15, -0.1) is 0 Å². The molecule has 0 aromatic heterocycles. The molecule has 1 aromatic rings. The highest BCUT2D eigenvalue weighted by Gasteiger charge is 2.27. The molecule has 3 N–H and O–H groups in total. The Morgan fingerprint density at radius 2 is 2.14 bits per heavy atom. The highest BCUT2D eigenvalue weighted by atomic mass is 79.9. The summed E-state index contributed by atoms with van der Waals surface area (Å²) in [5, 5.41) is 9.52. The zero-order chi connectivity index (χ0) is 10.1. The van der Waals surface area contributed by atoms with E-state index in [1.165, 1.54) is 19.3 Å². The molecule has 76 valence electrons. The van der Waals surface area contributed by atoms with E-state index in [9.17, 15) is 5.11 Å². The fraction of sp³-hybridized carbons (Fsp3) is 0.455. The molecule has 0 spiro atoms. The Kier molecular flexibility index (Phi) is 2.79. The van der Waals surface area contributed by atoms with E-state index in [2.05, 4.69) is 15.9 Å². The van der Waals surface area contributed by atoms with Crippen molar-refractivity contribution in [2.75, 3.05) is 0 Å². The Labute approximate surface area is 92.3 Å². The molecule has 0 aliphatic heterocycles. The fourth-order valence-electron chi connectivity index (χ4n) is 1.85. The first-order valence-corrected chi connectivity index (χ1v) is 5.72. The van der Waals surface area contributed by atoms with Gasteiger partial charge in [0.1, 0.15) is 5.75 Å². The van der Waals surface area contributed by atoms with Crippen LogP contribution in [0.5, 0.6) is 5.75 Å².